The van der Waals surface area contributed by atoms with Crippen molar-refractivity contribution in [3.05, 3.63) is 58.7 Å². The molecule has 0 saturated carbocycles. The Morgan fingerprint density at radius 2 is 1.56 bits per heavy atom. The lowest BCUT2D eigenvalue weighted by Gasteiger charge is -2.16. The van der Waals surface area contributed by atoms with E-state index in [1.54, 1.807) is 38.3 Å². The van der Waals surface area contributed by atoms with Crippen LogP contribution >= 0.6 is 0 Å². The van der Waals surface area contributed by atoms with Gasteiger partial charge in [0.25, 0.3) is 5.91 Å². The number of aryl methyl sites for hydroxylation is 3. The van der Waals surface area contributed by atoms with E-state index in [0.29, 0.717) is 17.0 Å². The standard InChI is InChI=1S/C20H23NO4/c1-12-10-13(2)18(14(3)11-12)20(23)25-15(4)19(22)21-16-6-8-17(24-5)9-7-16/h6-11,15H,1-5H3,(H,21,22). The van der Waals surface area contributed by atoms with E-state index >= 15 is 0 Å². The van der Waals surface area contributed by atoms with Gasteiger partial charge in [-0.15, -0.1) is 0 Å². The van der Waals surface area contributed by atoms with Crippen molar-refractivity contribution in [1.29, 1.82) is 0 Å². The molecule has 0 fully saturated rings. The van der Waals surface area contributed by atoms with Crippen molar-refractivity contribution in [2.45, 2.75) is 33.8 Å². The van der Waals surface area contributed by atoms with Crippen LogP contribution in [0, 0.1) is 20.8 Å². The van der Waals surface area contributed by atoms with Crippen LogP contribution in [0.25, 0.3) is 0 Å². The third kappa shape index (κ3) is 4.59. The van der Waals surface area contributed by atoms with Gasteiger partial charge in [-0.25, -0.2) is 4.79 Å². The Kier molecular flexibility index (Phi) is 5.80. The number of hydrogen-bond acceptors (Lipinski definition) is 4. The van der Waals surface area contributed by atoms with Crippen LogP contribution in [-0.4, -0.2) is 25.1 Å². The lowest BCUT2D eigenvalue weighted by Crippen LogP contribution is -2.30. The molecule has 25 heavy (non-hydrogen) atoms. The molecular formula is C20H23NO4. The molecule has 0 bridgehead atoms. The lowest BCUT2D eigenvalue weighted by atomic mass is 10.00. The lowest BCUT2D eigenvalue weighted by molar-refractivity contribution is -0.123. The molecule has 1 atom stereocenters. The van der Waals surface area contributed by atoms with Crippen LogP contribution in [-0.2, 0) is 9.53 Å². The summed E-state index contributed by atoms with van der Waals surface area (Å²) in [5, 5.41) is 2.72. The van der Waals surface area contributed by atoms with Crippen LogP contribution in [0.2, 0.25) is 0 Å². The zero-order valence-corrected chi connectivity index (χ0v) is 15.2. The zero-order valence-electron chi connectivity index (χ0n) is 15.2. The van der Waals surface area contributed by atoms with Gasteiger partial charge in [0.15, 0.2) is 6.10 Å². The number of carbonyl (C=O) groups excluding carboxylic acids is 2. The number of benzene rings is 2. The van der Waals surface area contributed by atoms with Crippen molar-refractivity contribution in [1.82, 2.24) is 0 Å². The minimum Gasteiger partial charge on any atom is -0.497 e. The van der Waals surface area contributed by atoms with Crippen LogP contribution in [0.1, 0.15) is 34.0 Å². The van der Waals surface area contributed by atoms with E-state index in [9.17, 15) is 9.59 Å². The first-order chi connectivity index (χ1) is 11.8. The van der Waals surface area contributed by atoms with Crippen LogP contribution in [0.5, 0.6) is 5.75 Å². The molecular weight excluding hydrogens is 318 g/mol. The largest absolute Gasteiger partial charge is 0.497 e. The molecule has 2 aromatic rings. The van der Waals surface area contributed by atoms with Gasteiger partial charge in [0.05, 0.1) is 12.7 Å². The molecule has 0 aliphatic carbocycles. The van der Waals surface area contributed by atoms with Gasteiger partial charge < -0.3 is 14.8 Å². The Balaban J connectivity index is 2.04. The Bertz CT molecular complexity index is 758. The molecule has 1 unspecified atom stereocenters. The van der Waals surface area contributed by atoms with Crippen LogP contribution in [0.3, 0.4) is 0 Å². The molecule has 0 heterocycles. The highest BCUT2D eigenvalue weighted by Crippen LogP contribution is 2.19. The molecule has 2 aromatic carbocycles. The SMILES string of the molecule is COc1ccc(NC(=O)C(C)OC(=O)c2c(C)cc(C)cc2C)cc1. The maximum atomic E-state index is 12.4. The molecule has 5 nitrogen and oxygen atoms in total. The van der Waals surface area contributed by atoms with Crippen molar-refractivity contribution in [2.24, 2.45) is 0 Å². The zero-order chi connectivity index (χ0) is 18.6. The highest BCUT2D eigenvalue weighted by Gasteiger charge is 2.21. The van der Waals surface area contributed by atoms with Crippen molar-refractivity contribution in [2.75, 3.05) is 12.4 Å². The minimum absolute atomic E-state index is 0.388. The van der Waals surface area contributed by atoms with E-state index in [0.717, 1.165) is 16.7 Å². The van der Waals surface area contributed by atoms with Crippen LogP contribution < -0.4 is 10.1 Å². The van der Waals surface area contributed by atoms with E-state index in [1.807, 2.05) is 32.9 Å². The molecule has 0 aliphatic rings. The van der Waals surface area contributed by atoms with Gasteiger partial charge in [-0.1, -0.05) is 17.7 Å². The van der Waals surface area contributed by atoms with Crippen LogP contribution in [0.4, 0.5) is 5.69 Å². The molecule has 1 amide bonds. The van der Waals surface area contributed by atoms with Gasteiger partial charge in [-0.05, 0) is 63.1 Å². The Morgan fingerprint density at radius 3 is 2.08 bits per heavy atom. The van der Waals surface area contributed by atoms with Crippen LogP contribution in [0.15, 0.2) is 36.4 Å². The second-order valence-electron chi connectivity index (χ2n) is 6.04. The van der Waals surface area contributed by atoms with Gasteiger partial charge in [-0.3, -0.25) is 4.79 Å². The summed E-state index contributed by atoms with van der Waals surface area (Å²) in [5.41, 5.74) is 3.87. The third-order valence-corrected chi connectivity index (χ3v) is 3.89. The van der Waals surface area contributed by atoms with E-state index in [4.69, 9.17) is 9.47 Å². The summed E-state index contributed by atoms with van der Waals surface area (Å²) in [5.74, 6) is -0.184. The summed E-state index contributed by atoms with van der Waals surface area (Å²) in [6.07, 6.45) is -0.908. The maximum absolute atomic E-state index is 12.4. The predicted octanol–water partition coefficient (Wildman–Crippen LogP) is 3.80. The topological polar surface area (TPSA) is 64.6 Å². The predicted molar refractivity (Wildman–Crippen MR) is 97.2 cm³/mol. The smallest absolute Gasteiger partial charge is 0.339 e. The number of rotatable bonds is 5. The molecule has 0 radical (unpaired) electrons. The average molecular weight is 341 g/mol. The number of hydrogen-bond donors (Lipinski definition) is 1. The highest BCUT2D eigenvalue weighted by atomic mass is 16.5. The molecule has 132 valence electrons. The first-order valence-corrected chi connectivity index (χ1v) is 8.05. The molecule has 0 saturated heterocycles. The van der Waals surface area contributed by atoms with Gasteiger partial charge in [0.2, 0.25) is 0 Å². The Hall–Kier alpha value is -2.82. The van der Waals surface area contributed by atoms with E-state index < -0.39 is 12.1 Å². The second-order valence-corrected chi connectivity index (χ2v) is 6.04. The summed E-state index contributed by atoms with van der Waals surface area (Å²) in [6.45, 7) is 7.24. The minimum atomic E-state index is -0.908. The number of esters is 1. The van der Waals surface area contributed by atoms with Crippen molar-refractivity contribution < 1.29 is 19.1 Å². The molecule has 5 heteroatoms. The number of nitrogens with one attached hydrogen (secondary N) is 1. The summed E-state index contributed by atoms with van der Waals surface area (Å²) >= 11 is 0. The normalized spacial score (nSPS) is 11.6. The summed E-state index contributed by atoms with van der Waals surface area (Å²) in [6, 6.07) is 10.8. The Morgan fingerprint density at radius 1 is 1.00 bits per heavy atom. The fraction of sp³-hybridized carbons (Fsp3) is 0.300. The summed E-state index contributed by atoms with van der Waals surface area (Å²) in [4.78, 5) is 24.7. The van der Waals surface area contributed by atoms with Gasteiger partial charge in [0.1, 0.15) is 5.75 Å². The van der Waals surface area contributed by atoms with E-state index in [1.165, 1.54) is 0 Å². The van der Waals surface area contributed by atoms with Gasteiger partial charge in [0, 0.05) is 5.69 Å². The average Bonchev–Trinajstić information content (AvgIpc) is 2.54. The first-order valence-electron chi connectivity index (χ1n) is 8.05. The molecule has 0 aliphatic heterocycles. The van der Waals surface area contributed by atoms with E-state index in [2.05, 4.69) is 5.32 Å². The molecule has 0 spiro atoms. The fourth-order valence-corrected chi connectivity index (χ4v) is 2.69. The number of carbonyl (C=O) groups is 2. The highest BCUT2D eigenvalue weighted by molar-refractivity contribution is 5.98. The van der Waals surface area contributed by atoms with Gasteiger partial charge >= 0.3 is 5.97 Å². The summed E-state index contributed by atoms with van der Waals surface area (Å²) < 4.78 is 10.4. The second kappa shape index (κ2) is 7.83. The number of methoxy groups -OCH3 is 1. The number of amides is 1. The monoisotopic (exact) mass is 341 g/mol. The van der Waals surface area contributed by atoms with Crippen molar-refractivity contribution in [3.63, 3.8) is 0 Å². The van der Waals surface area contributed by atoms with Crippen molar-refractivity contribution in [3.8, 4) is 5.75 Å². The molecule has 1 N–H and O–H groups in total. The fourth-order valence-electron chi connectivity index (χ4n) is 2.69. The Labute approximate surface area is 148 Å². The molecule has 0 aromatic heterocycles. The summed E-state index contributed by atoms with van der Waals surface area (Å²) in [7, 11) is 1.57. The van der Waals surface area contributed by atoms with Crippen molar-refractivity contribution >= 4 is 17.6 Å². The van der Waals surface area contributed by atoms with E-state index in [-0.39, 0.29) is 5.91 Å². The quantitative estimate of drug-likeness (QED) is 0.840. The third-order valence-electron chi connectivity index (χ3n) is 3.89. The molecule has 2 rings (SSSR count). The first kappa shape index (κ1) is 18.5. The van der Waals surface area contributed by atoms with Gasteiger partial charge in [-0.2, -0.15) is 0 Å². The maximum Gasteiger partial charge on any atom is 0.339 e. The number of anilines is 1. The number of ether oxygens (including phenoxy) is 2.